The van der Waals surface area contributed by atoms with Crippen LogP contribution in [-0.2, 0) is 0 Å². The number of aromatic nitrogens is 1. The van der Waals surface area contributed by atoms with E-state index < -0.39 is 12.3 Å². The predicted octanol–water partition coefficient (Wildman–Crippen LogP) is 1.53. The van der Waals surface area contributed by atoms with Gasteiger partial charge in [-0.15, -0.1) is 0 Å². The normalized spacial score (nSPS) is 12.2. The molecule has 1 amide bonds. The molecular formula is C8H8ClFN2O2. The Hall–Kier alpha value is -1.36. The summed E-state index contributed by atoms with van der Waals surface area (Å²) < 4.78 is 17.1. The van der Waals surface area contributed by atoms with Gasteiger partial charge in [-0.1, -0.05) is 11.6 Å². The molecule has 0 aromatic carbocycles. The summed E-state index contributed by atoms with van der Waals surface area (Å²) in [4.78, 5) is 14.3. The van der Waals surface area contributed by atoms with Gasteiger partial charge in [0, 0.05) is 13.0 Å². The van der Waals surface area contributed by atoms with E-state index in [1.807, 2.05) is 0 Å². The molecule has 1 atom stereocenters. The van der Waals surface area contributed by atoms with Gasteiger partial charge in [0.25, 0.3) is 5.91 Å². The second kappa shape index (κ2) is 4.23. The minimum atomic E-state index is -1.47. The average molecular weight is 219 g/mol. The molecule has 1 aromatic rings. The van der Waals surface area contributed by atoms with Crippen molar-refractivity contribution in [2.75, 3.05) is 0 Å². The van der Waals surface area contributed by atoms with E-state index in [4.69, 9.17) is 17.3 Å². The highest BCUT2D eigenvalue weighted by Gasteiger charge is 2.10. The topological polar surface area (TPSA) is 65.2 Å². The first-order valence-electron chi connectivity index (χ1n) is 3.77. The number of carbonyl (C=O) groups is 1. The Balaban J connectivity index is 2.94. The summed E-state index contributed by atoms with van der Waals surface area (Å²) in [5.74, 6) is -0.593. The number of alkyl halides is 1. The Morgan fingerprint density at radius 2 is 2.43 bits per heavy atom. The van der Waals surface area contributed by atoms with Gasteiger partial charge in [0.15, 0.2) is 0 Å². The van der Waals surface area contributed by atoms with Crippen LogP contribution in [0.4, 0.5) is 4.39 Å². The average Bonchev–Trinajstić information content (AvgIpc) is 2.01. The van der Waals surface area contributed by atoms with E-state index >= 15 is 0 Å². The number of hydrogen-bond acceptors (Lipinski definition) is 3. The summed E-state index contributed by atoms with van der Waals surface area (Å²) >= 11 is 5.64. The molecular weight excluding hydrogens is 211 g/mol. The smallest absolute Gasteiger partial charge is 0.268 e. The van der Waals surface area contributed by atoms with Gasteiger partial charge in [-0.05, 0) is 0 Å². The Kier molecular flexibility index (Phi) is 3.24. The number of nitrogens with two attached hydrogens (primary N) is 1. The quantitative estimate of drug-likeness (QED) is 0.837. The fourth-order valence-electron chi connectivity index (χ4n) is 0.854. The first-order valence-corrected chi connectivity index (χ1v) is 4.14. The van der Waals surface area contributed by atoms with E-state index in [0.717, 1.165) is 0 Å². The first kappa shape index (κ1) is 10.7. The van der Waals surface area contributed by atoms with Crippen LogP contribution < -0.4 is 10.5 Å². The van der Waals surface area contributed by atoms with Gasteiger partial charge in [0.05, 0.1) is 11.2 Å². The molecule has 4 nitrogen and oxygen atoms in total. The number of rotatable bonds is 3. The summed E-state index contributed by atoms with van der Waals surface area (Å²) in [5.41, 5.74) is 4.90. The number of carbonyl (C=O) groups excluding carboxylic acids is 1. The third kappa shape index (κ3) is 2.56. The van der Waals surface area contributed by atoms with Crippen molar-refractivity contribution in [1.29, 1.82) is 0 Å². The van der Waals surface area contributed by atoms with E-state index in [1.165, 1.54) is 19.2 Å². The molecule has 76 valence electrons. The van der Waals surface area contributed by atoms with Crippen molar-refractivity contribution in [3.63, 3.8) is 0 Å². The van der Waals surface area contributed by atoms with E-state index in [1.54, 1.807) is 0 Å². The van der Waals surface area contributed by atoms with Crippen LogP contribution in [0.5, 0.6) is 5.75 Å². The molecule has 1 aromatic heterocycles. The van der Waals surface area contributed by atoms with Gasteiger partial charge in [-0.25, -0.2) is 9.37 Å². The van der Waals surface area contributed by atoms with E-state index in [2.05, 4.69) is 9.72 Å². The molecule has 0 aliphatic carbocycles. The predicted molar refractivity (Wildman–Crippen MR) is 49.0 cm³/mol. The van der Waals surface area contributed by atoms with Crippen LogP contribution in [0.2, 0.25) is 5.02 Å². The number of halogens is 2. The van der Waals surface area contributed by atoms with E-state index in [-0.39, 0.29) is 16.5 Å². The Labute approximate surface area is 84.8 Å². The molecule has 6 heteroatoms. The summed E-state index contributed by atoms with van der Waals surface area (Å²) in [7, 11) is 0. The number of amides is 1. The minimum Gasteiger partial charge on any atom is -0.459 e. The van der Waals surface area contributed by atoms with Crippen molar-refractivity contribution in [1.82, 2.24) is 4.98 Å². The van der Waals surface area contributed by atoms with Gasteiger partial charge in [0.2, 0.25) is 6.36 Å². The highest BCUT2D eigenvalue weighted by Crippen LogP contribution is 2.20. The lowest BCUT2D eigenvalue weighted by molar-refractivity contribution is 0.0856. The Morgan fingerprint density at radius 3 is 2.86 bits per heavy atom. The molecule has 0 radical (unpaired) electrons. The zero-order valence-corrected chi connectivity index (χ0v) is 8.08. The van der Waals surface area contributed by atoms with Crippen LogP contribution >= 0.6 is 11.6 Å². The fraction of sp³-hybridized carbons (Fsp3) is 0.250. The maximum Gasteiger partial charge on any atom is 0.268 e. The number of hydrogen-bond donors (Lipinski definition) is 1. The fourth-order valence-corrected chi connectivity index (χ4v) is 1.10. The summed E-state index contributed by atoms with van der Waals surface area (Å²) in [6.45, 7) is 1.22. The van der Waals surface area contributed by atoms with Crippen LogP contribution in [0.25, 0.3) is 0 Å². The van der Waals surface area contributed by atoms with Crippen molar-refractivity contribution >= 4 is 17.5 Å². The number of primary amides is 1. The summed E-state index contributed by atoms with van der Waals surface area (Å²) in [6, 6.07) is 1.28. The largest absolute Gasteiger partial charge is 0.459 e. The van der Waals surface area contributed by atoms with Crippen molar-refractivity contribution in [2.45, 2.75) is 13.3 Å². The molecule has 0 aliphatic rings. The number of pyridine rings is 1. The third-order valence-electron chi connectivity index (χ3n) is 1.35. The lowest BCUT2D eigenvalue weighted by atomic mass is 10.3. The SMILES string of the molecule is CC(F)Oc1cnc(C(N)=O)c(Cl)c1. The molecule has 1 heterocycles. The second-order valence-electron chi connectivity index (χ2n) is 2.53. The van der Waals surface area contributed by atoms with Gasteiger partial charge in [0.1, 0.15) is 11.4 Å². The molecule has 0 spiro atoms. The maximum atomic E-state index is 12.4. The first-order chi connectivity index (χ1) is 6.50. The summed E-state index contributed by atoms with van der Waals surface area (Å²) in [5, 5.41) is 0.0376. The molecule has 14 heavy (non-hydrogen) atoms. The highest BCUT2D eigenvalue weighted by atomic mass is 35.5. The molecule has 0 aliphatic heterocycles. The number of ether oxygens (including phenoxy) is 1. The van der Waals surface area contributed by atoms with Crippen LogP contribution in [0.3, 0.4) is 0 Å². The minimum absolute atomic E-state index is 0.0376. The van der Waals surface area contributed by atoms with Gasteiger partial charge < -0.3 is 10.5 Å². The molecule has 0 saturated heterocycles. The molecule has 0 bridgehead atoms. The summed E-state index contributed by atoms with van der Waals surface area (Å²) in [6.07, 6.45) is -0.283. The Morgan fingerprint density at radius 1 is 1.79 bits per heavy atom. The molecule has 1 unspecified atom stereocenters. The van der Waals surface area contributed by atoms with Crippen LogP contribution in [-0.4, -0.2) is 17.2 Å². The molecule has 2 N–H and O–H groups in total. The van der Waals surface area contributed by atoms with Crippen molar-refractivity contribution < 1.29 is 13.9 Å². The molecule has 0 saturated carbocycles. The highest BCUT2D eigenvalue weighted by molar-refractivity contribution is 6.33. The van der Waals surface area contributed by atoms with Gasteiger partial charge >= 0.3 is 0 Å². The van der Waals surface area contributed by atoms with Crippen molar-refractivity contribution in [3.05, 3.63) is 23.0 Å². The lowest BCUT2D eigenvalue weighted by Gasteiger charge is -2.07. The van der Waals surface area contributed by atoms with E-state index in [9.17, 15) is 9.18 Å². The zero-order chi connectivity index (χ0) is 10.7. The van der Waals surface area contributed by atoms with Crippen molar-refractivity contribution in [3.8, 4) is 5.75 Å². The third-order valence-corrected chi connectivity index (χ3v) is 1.64. The van der Waals surface area contributed by atoms with Crippen LogP contribution in [0, 0.1) is 0 Å². The monoisotopic (exact) mass is 218 g/mol. The standard InChI is InChI=1S/C8H8ClFN2O2/c1-4(10)14-5-2-6(9)7(8(11)13)12-3-5/h2-4H,1H3,(H2,11,13). The van der Waals surface area contributed by atoms with Crippen LogP contribution in [0.1, 0.15) is 17.4 Å². The van der Waals surface area contributed by atoms with Crippen LogP contribution in [0.15, 0.2) is 12.3 Å². The Bertz CT molecular complexity index is 357. The van der Waals surface area contributed by atoms with Gasteiger partial charge in [-0.2, -0.15) is 0 Å². The lowest BCUT2D eigenvalue weighted by Crippen LogP contribution is -2.14. The maximum absolute atomic E-state index is 12.4. The van der Waals surface area contributed by atoms with E-state index in [0.29, 0.717) is 0 Å². The van der Waals surface area contributed by atoms with Crippen molar-refractivity contribution in [2.24, 2.45) is 5.73 Å². The molecule has 0 fully saturated rings. The second-order valence-corrected chi connectivity index (χ2v) is 2.93. The zero-order valence-electron chi connectivity index (χ0n) is 7.33. The number of nitrogens with zero attached hydrogens (tertiary/aromatic N) is 1. The molecule has 1 rings (SSSR count). The van der Waals surface area contributed by atoms with Gasteiger partial charge in [-0.3, -0.25) is 4.79 Å².